The summed E-state index contributed by atoms with van der Waals surface area (Å²) >= 11 is 0. The number of benzene rings is 2. The first-order valence-corrected chi connectivity index (χ1v) is 11.4. The third-order valence-electron chi connectivity index (χ3n) is 5.20. The molecule has 0 bridgehead atoms. The van der Waals surface area contributed by atoms with Crippen molar-refractivity contribution in [2.24, 2.45) is 0 Å². The number of carbonyl (C=O) groups excluding carboxylic acids is 1. The fraction of sp³-hybridized carbons (Fsp3) is 0.217. The van der Waals surface area contributed by atoms with E-state index in [1.54, 1.807) is 30.3 Å². The highest BCUT2D eigenvalue weighted by molar-refractivity contribution is 7.92. The van der Waals surface area contributed by atoms with Crippen LogP contribution in [0.3, 0.4) is 0 Å². The van der Waals surface area contributed by atoms with Crippen LogP contribution in [0.15, 0.2) is 71.9 Å². The van der Waals surface area contributed by atoms with Gasteiger partial charge in [-0.25, -0.2) is 12.8 Å². The molecule has 6 nitrogen and oxygen atoms in total. The molecule has 0 spiro atoms. The van der Waals surface area contributed by atoms with Crippen LogP contribution in [-0.2, 0) is 16.6 Å². The first-order valence-electron chi connectivity index (χ1n) is 9.92. The monoisotopic (exact) mass is 439 g/mol. The maximum atomic E-state index is 13.4. The number of carbonyl (C=O) groups is 1. The molecule has 1 aliphatic carbocycles. The third kappa shape index (κ3) is 4.91. The molecule has 1 N–H and O–H groups in total. The second-order valence-electron chi connectivity index (χ2n) is 7.61. The van der Waals surface area contributed by atoms with Gasteiger partial charge in [-0.1, -0.05) is 6.07 Å². The van der Waals surface area contributed by atoms with E-state index in [1.807, 2.05) is 12.1 Å². The van der Waals surface area contributed by atoms with E-state index >= 15 is 0 Å². The number of rotatable bonds is 7. The molecule has 1 fully saturated rings. The first kappa shape index (κ1) is 21.0. The highest BCUT2D eigenvalue weighted by Gasteiger charge is 2.34. The zero-order valence-electron chi connectivity index (χ0n) is 17.0. The Morgan fingerprint density at radius 2 is 1.77 bits per heavy atom. The summed E-state index contributed by atoms with van der Waals surface area (Å²) in [7, 11) is -3.94. The Morgan fingerprint density at radius 3 is 2.42 bits per heavy atom. The van der Waals surface area contributed by atoms with Gasteiger partial charge in [0.15, 0.2) is 0 Å². The van der Waals surface area contributed by atoms with Crippen LogP contribution in [0, 0.1) is 12.7 Å². The molecule has 160 valence electrons. The fourth-order valence-corrected chi connectivity index (χ4v) is 4.41. The molecule has 8 heteroatoms. The molecule has 1 amide bonds. The van der Waals surface area contributed by atoms with Crippen molar-refractivity contribution in [2.45, 2.75) is 37.2 Å². The standard InChI is InChI=1S/C23H22FN3O3S/c1-16-2-9-21(31(29,30)26-19-5-3-18(24)4-6-19)14-22(16)23(28)27(20-7-8-20)15-17-10-12-25-13-11-17/h2-6,9-14,20,26H,7-8,15H2,1H3. The second-order valence-corrected chi connectivity index (χ2v) is 9.29. The maximum absolute atomic E-state index is 13.4. The molecule has 2 aromatic carbocycles. The topological polar surface area (TPSA) is 79.4 Å². The Kier molecular flexibility index (Phi) is 5.73. The van der Waals surface area contributed by atoms with Crippen LogP contribution in [0.25, 0.3) is 0 Å². The van der Waals surface area contributed by atoms with E-state index in [4.69, 9.17) is 0 Å². The lowest BCUT2D eigenvalue weighted by molar-refractivity contribution is 0.0729. The average Bonchev–Trinajstić information content (AvgIpc) is 3.59. The molecule has 0 saturated heterocycles. The maximum Gasteiger partial charge on any atom is 0.261 e. The molecule has 3 aromatic rings. The average molecular weight is 440 g/mol. The predicted octanol–water partition coefficient (Wildman–Crippen LogP) is 4.13. The number of nitrogens with one attached hydrogen (secondary N) is 1. The Morgan fingerprint density at radius 1 is 1.10 bits per heavy atom. The number of anilines is 1. The summed E-state index contributed by atoms with van der Waals surface area (Å²) < 4.78 is 41.2. The smallest absolute Gasteiger partial charge is 0.261 e. The summed E-state index contributed by atoms with van der Waals surface area (Å²) in [6.45, 7) is 2.23. The van der Waals surface area contributed by atoms with Gasteiger partial charge in [0.25, 0.3) is 15.9 Å². The molecule has 31 heavy (non-hydrogen) atoms. The second kappa shape index (κ2) is 8.47. The lowest BCUT2D eigenvalue weighted by atomic mass is 10.1. The fourth-order valence-electron chi connectivity index (χ4n) is 3.32. The Hall–Kier alpha value is -3.26. The normalized spacial score (nSPS) is 13.6. The highest BCUT2D eigenvalue weighted by atomic mass is 32.2. The highest BCUT2D eigenvalue weighted by Crippen LogP contribution is 2.31. The third-order valence-corrected chi connectivity index (χ3v) is 6.58. The number of aryl methyl sites for hydroxylation is 1. The van der Waals surface area contributed by atoms with E-state index in [0.717, 1.165) is 18.4 Å². The molecule has 0 atom stereocenters. The number of nitrogens with zero attached hydrogens (tertiary/aromatic N) is 2. The van der Waals surface area contributed by atoms with Gasteiger partial charge in [0.1, 0.15) is 5.82 Å². The predicted molar refractivity (Wildman–Crippen MR) is 116 cm³/mol. The van der Waals surface area contributed by atoms with Gasteiger partial charge in [-0.2, -0.15) is 0 Å². The summed E-state index contributed by atoms with van der Waals surface area (Å²) in [5.41, 5.74) is 2.26. The Balaban J connectivity index is 1.61. The van der Waals surface area contributed by atoms with Crippen LogP contribution < -0.4 is 4.72 Å². The zero-order valence-corrected chi connectivity index (χ0v) is 17.8. The zero-order chi connectivity index (χ0) is 22.0. The van der Waals surface area contributed by atoms with Crippen LogP contribution in [0.1, 0.15) is 34.3 Å². The van der Waals surface area contributed by atoms with Crippen molar-refractivity contribution in [1.29, 1.82) is 0 Å². The minimum absolute atomic E-state index is 0.0227. The van der Waals surface area contributed by atoms with Gasteiger partial charge in [0.2, 0.25) is 0 Å². The Labute approximate surface area is 180 Å². The molecule has 0 radical (unpaired) electrons. The van der Waals surface area contributed by atoms with Crippen LogP contribution in [0.2, 0.25) is 0 Å². The van der Waals surface area contributed by atoms with Crippen LogP contribution >= 0.6 is 0 Å². The molecular weight excluding hydrogens is 417 g/mol. The number of hydrogen-bond donors (Lipinski definition) is 1. The number of hydrogen-bond acceptors (Lipinski definition) is 4. The van der Waals surface area contributed by atoms with Crippen molar-refractivity contribution in [3.63, 3.8) is 0 Å². The van der Waals surface area contributed by atoms with Crippen LogP contribution in [-0.4, -0.2) is 30.3 Å². The van der Waals surface area contributed by atoms with Crippen LogP contribution in [0.5, 0.6) is 0 Å². The molecule has 1 heterocycles. The van der Waals surface area contributed by atoms with Gasteiger partial charge < -0.3 is 4.90 Å². The number of aromatic nitrogens is 1. The first-order chi connectivity index (χ1) is 14.8. The summed E-state index contributed by atoms with van der Waals surface area (Å²) in [4.78, 5) is 19.2. The molecule has 1 aliphatic rings. The molecule has 4 rings (SSSR count). The van der Waals surface area contributed by atoms with E-state index in [9.17, 15) is 17.6 Å². The van der Waals surface area contributed by atoms with E-state index in [1.165, 1.54) is 36.4 Å². The quantitative estimate of drug-likeness (QED) is 0.600. The van der Waals surface area contributed by atoms with Gasteiger partial charge in [0.05, 0.1) is 4.90 Å². The van der Waals surface area contributed by atoms with E-state index < -0.39 is 15.8 Å². The lowest BCUT2D eigenvalue weighted by Gasteiger charge is -2.24. The minimum Gasteiger partial charge on any atom is -0.331 e. The van der Waals surface area contributed by atoms with Gasteiger partial charge in [-0.3, -0.25) is 14.5 Å². The van der Waals surface area contributed by atoms with Crippen LogP contribution in [0.4, 0.5) is 10.1 Å². The van der Waals surface area contributed by atoms with Crippen molar-refractivity contribution in [2.75, 3.05) is 4.72 Å². The molecule has 0 unspecified atom stereocenters. The lowest BCUT2D eigenvalue weighted by Crippen LogP contribution is -2.33. The van der Waals surface area contributed by atoms with Crippen molar-refractivity contribution in [3.05, 3.63) is 89.5 Å². The van der Waals surface area contributed by atoms with Crippen molar-refractivity contribution < 1.29 is 17.6 Å². The molecule has 1 saturated carbocycles. The molecular formula is C23H22FN3O3S. The van der Waals surface area contributed by atoms with Crippen molar-refractivity contribution in [3.8, 4) is 0 Å². The molecule has 0 aliphatic heterocycles. The number of amides is 1. The van der Waals surface area contributed by atoms with Crippen molar-refractivity contribution >= 4 is 21.6 Å². The number of pyridine rings is 1. The van der Waals surface area contributed by atoms with Crippen molar-refractivity contribution in [1.82, 2.24) is 9.88 Å². The van der Waals surface area contributed by atoms with Gasteiger partial charge in [-0.05, 0) is 79.4 Å². The summed E-state index contributed by atoms with van der Waals surface area (Å²) in [5, 5.41) is 0. The summed E-state index contributed by atoms with van der Waals surface area (Å²) in [6, 6.07) is 13.4. The largest absolute Gasteiger partial charge is 0.331 e. The van der Waals surface area contributed by atoms with Gasteiger partial charge in [-0.15, -0.1) is 0 Å². The van der Waals surface area contributed by atoms with E-state index in [2.05, 4.69) is 9.71 Å². The summed E-state index contributed by atoms with van der Waals surface area (Å²) in [6.07, 6.45) is 5.23. The summed E-state index contributed by atoms with van der Waals surface area (Å²) in [5.74, 6) is -0.656. The van der Waals surface area contributed by atoms with Gasteiger partial charge in [0, 0.05) is 36.2 Å². The van der Waals surface area contributed by atoms with E-state index in [-0.39, 0.29) is 22.5 Å². The molecule has 1 aromatic heterocycles. The minimum atomic E-state index is -3.94. The SMILES string of the molecule is Cc1ccc(S(=O)(=O)Nc2ccc(F)cc2)cc1C(=O)N(Cc1ccncc1)C1CC1. The Bertz CT molecular complexity index is 1190. The van der Waals surface area contributed by atoms with E-state index in [0.29, 0.717) is 17.7 Å². The number of halogens is 1. The number of sulfonamides is 1. The van der Waals surface area contributed by atoms with Gasteiger partial charge >= 0.3 is 0 Å².